The first-order chi connectivity index (χ1) is 12.8. The molecule has 0 unspecified atom stereocenters. The number of phenols is 1. The number of halogens is 3. The zero-order chi connectivity index (χ0) is 20.8. The molecule has 2 rings (SSSR count). The number of aldehydes is 2. The Kier molecular flexibility index (Phi) is 10.2. The van der Waals surface area contributed by atoms with Gasteiger partial charge in [0.15, 0.2) is 0 Å². The third-order valence-corrected chi connectivity index (χ3v) is 3.12. The molecule has 1 N–H and O–H groups in total. The quantitative estimate of drug-likeness (QED) is 0.783. The van der Waals surface area contributed by atoms with Gasteiger partial charge in [0, 0.05) is 11.1 Å². The highest BCUT2D eigenvalue weighted by atomic mass is 19.3. The lowest BCUT2D eigenvalue weighted by Crippen LogP contribution is -2.07. The van der Waals surface area contributed by atoms with E-state index < -0.39 is 20.2 Å². The Morgan fingerprint density at radius 3 is 2.00 bits per heavy atom. The molecule has 4 nitrogen and oxygen atoms in total. The van der Waals surface area contributed by atoms with Gasteiger partial charge in [-0.05, 0) is 61.4 Å². The Hall–Kier alpha value is -2.83. The van der Waals surface area contributed by atoms with E-state index in [0.29, 0.717) is 28.7 Å². The Morgan fingerprint density at radius 1 is 1.08 bits per heavy atom. The number of carbonyl (C=O) groups excluding carboxylic acids is 2. The van der Waals surface area contributed by atoms with Gasteiger partial charge in [0.2, 0.25) is 0 Å². The van der Waals surface area contributed by atoms with Crippen LogP contribution in [-0.2, 0) is 0 Å². The third-order valence-electron chi connectivity index (χ3n) is 3.12. The number of phenolic OH excluding ortho intramolecular Hbond substituents is 1. The van der Waals surface area contributed by atoms with E-state index >= 15 is 0 Å². The summed E-state index contributed by atoms with van der Waals surface area (Å²) in [7, 11) is -1.00. The largest absolute Gasteiger partial charge is 0.508 e. The molecule has 0 fully saturated rings. The Balaban J connectivity index is 0.000000455. The van der Waals surface area contributed by atoms with Crippen LogP contribution in [0, 0.1) is 13.8 Å². The maximum atomic E-state index is 11.8. The number of ether oxygens (including phenoxy) is 1. The summed E-state index contributed by atoms with van der Waals surface area (Å²) in [5.74, 6) is 0.552. The van der Waals surface area contributed by atoms with E-state index in [-0.39, 0.29) is 5.75 Å². The first-order valence-electron chi connectivity index (χ1n) is 8.06. The second kappa shape index (κ2) is 12.5. The van der Waals surface area contributed by atoms with Gasteiger partial charge in [-0.25, -0.2) is 8.78 Å². The number of aryl methyl sites for hydroxylation is 2. The average molecular weight is 371 g/mol. The molecule has 0 aliphatic carbocycles. The van der Waals surface area contributed by atoms with Crippen molar-refractivity contribution >= 4 is 12.6 Å². The molecule has 0 radical (unpaired) electrons. The van der Waals surface area contributed by atoms with Crippen molar-refractivity contribution in [1.29, 1.82) is 0 Å². The predicted molar refractivity (Wildman–Crippen MR) is 93.3 cm³/mol. The summed E-state index contributed by atoms with van der Waals surface area (Å²) in [6, 6.07) is 9.26. The van der Waals surface area contributed by atoms with Crippen LogP contribution in [0.5, 0.6) is 11.5 Å². The van der Waals surface area contributed by atoms with Crippen LogP contribution in [0.4, 0.5) is 13.2 Å². The fraction of sp³-hybridized carbons (Fsp3) is 0.263. The van der Waals surface area contributed by atoms with Crippen LogP contribution in [0.3, 0.4) is 0 Å². The molecule has 0 aliphatic heterocycles. The van der Waals surface area contributed by atoms with E-state index in [2.05, 4.69) is 0 Å². The molecule has 0 saturated heterocycles. The van der Waals surface area contributed by atoms with Crippen LogP contribution in [-0.4, -0.2) is 37.9 Å². The van der Waals surface area contributed by atoms with Crippen molar-refractivity contribution < 1.29 is 34.0 Å². The zero-order valence-corrected chi connectivity index (χ0v) is 14.4. The van der Waals surface area contributed by atoms with Crippen LogP contribution < -0.4 is 4.74 Å². The number of carbonyl (C=O) groups is 2. The van der Waals surface area contributed by atoms with Gasteiger partial charge in [0.1, 0.15) is 30.7 Å². The van der Waals surface area contributed by atoms with Crippen molar-refractivity contribution in [1.82, 2.24) is 0 Å². The van der Waals surface area contributed by atoms with Gasteiger partial charge in [-0.1, -0.05) is 0 Å². The minimum absolute atomic E-state index is 0.197. The standard InChI is InChI=1S/C10H10F2O2.C8H8O2.CH3F/c1-7-4-9(14-6-10(11)12)3-2-8(7)5-13;1-6-4-8(10)3-2-7(6)5-9;1-2/h2-5,10H,6H2,1H3;2-5,10H,1H3;1H3/i;;1D. The summed E-state index contributed by atoms with van der Waals surface area (Å²) < 4.78 is 43.9. The Morgan fingerprint density at radius 2 is 1.58 bits per heavy atom. The molecule has 0 bridgehead atoms. The highest BCUT2D eigenvalue weighted by Gasteiger charge is 2.04. The van der Waals surface area contributed by atoms with Crippen molar-refractivity contribution in [3.8, 4) is 11.5 Å². The minimum atomic E-state index is -2.49. The van der Waals surface area contributed by atoms with Crippen LogP contribution in [0.2, 0.25) is 0 Å². The lowest BCUT2D eigenvalue weighted by Gasteiger charge is -2.06. The van der Waals surface area contributed by atoms with Gasteiger partial charge >= 0.3 is 0 Å². The molecule has 0 atom stereocenters. The highest BCUT2D eigenvalue weighted by molar-refractivity contribution is 5.77. The summed E-state index contributed by atoms with van der Waals surface area (Å²) in [6.45, 7) is 2.88. The van der Waals surface area contributed by atoms with E-state index in [1.54, 1.807) is 38.1 Å². The first kappa shape index (κ1) is 21.2. The van der Waals surface area contributed by atoms with Crippen molar-refractivity contribution in [2.45, 2.75) is 20.3 Å². The second-order valence-electron chi connectivity index (χ2n) is 5.00. The Labute approximate surface area is 151 Å². The SMILES string of the molecule is Cc1cc(O)ccc1C=O.Cc1cc(OCC(F)F)ccc1C=O.[2H]CF. The Bertz CT molecular complexity index is 724. The topological polar surface area (TPSA) is 63.6 Å². The minimum Gasteiger partial charge on any atom is -0.508 e. The third kappa shape index (κ3) is 8.32. The van der Waals surface area contributed by atoms with Crippen LogP contribution >= 0.6 is 0 Å². The molecule has 142 valence electrons. The van der Waals surface area contributed by atoms with Gasteiger partial charge in [0.05, 0.1) is 8.52 Å². The molecule has 0 heterocycles. The molecule has 26 heavy (non-hydrogen) atoms. The molecule has 7 heteroatoms. The lowest BCUT2D eigenvalue weighted by molar-refractivity contribution is 0.0818. The molecular weight excluding hydrogens is 349 g/mol. The number of aromatic hydroxyl groups is 1. The summed E-state index contributed by atoms with van der Waals surface area (Å²) in [4.78, 5) is 20.7. The fourth-order valence-electron chi connectivity index (χ4n) is 1.82. The number of alkyl halides is 3. The van der Waals surface area contributed by atoms with E-state index in [1.165, 1.54) is 12.1 Å². The van der Waals surface area contributed by atoms with Crippen LogP contribution in [0.1, 0.15) is 33.2 Å². The summed E-state index contributed by atoms with van der Waals surface area (Å²) in [5.41, 5.74) is 2.67. The average Bonchev–Trinajstić information content (AvgIpc) is 2.61. The molecule has 0 aromatic heterocycles. The van der Waals surface area contributed by atoms with E-state index in [9.17, 15) is 22.8 Å². The fourth-order valence-corrected chi connectivity index (χ4v) is 1.82. The lowest BCUT2D eigenvalue weighted by atomic mass is 10.1. The molecule has 2 aromatic carbocycles. The molecule has 0 aliphatic rings. The van der Waals surface area contributed by atoms with Gasteiger partial charge in [-0.3, -0.25) is 14.0 Å². The van der Waals surface area contributed by atoms with Gasteiger partial charge in [-0.2, -0.15) is 0 Å². The molecule has 0 amide bonds. The summed E-state index contributed by atoms with van der Waals surface area (Å²) in [6.07, 6.45) is -0.998. The number of benzene rings is 2. The van der Waals surface area contributed by atoms with E-state index in [0.717, 1.165) is 11.8 Å². The van der Waals surface area contributed by atoms with Crippen molar-refractivity contribution in [3.05, 3.63) is 58.7 Å². The van der Waals surface area contributed by atoms with Gasteiger partial charge in [0.25, 0.3) is 6.43 Å². The number of hydrogen-bond acceptors (Lipinski definition) is 4. The van der Waals surface area contributed by atoms with E-state index in [1.807, 2.05) is 0 Å². The maximum Gasteiger partial charge on any atom is 0.272 e. The van der Waals surface area contributed by atoms with Gasteiger partial charge in [-0.15, -0.1) is 0 Å². The van der Waals surface area contributed by atoms with Crippen LogP contribution in [0.25, 0.3) is 0 Å². The second-order valence-corrected chi connectivity index (χ2v) is 5.00. The monoisotopic (exact) mass is 371 g/mol. The molecular formula is C19H21F3O4. The normalized spacial score (nSPS) is 9.85. The number of hydrogen-bond donors (Lipinski definition) is 1. The van der Waals surface area contributed by atoms with Crippen molar-refractivity contribution in [3.63, 3.8) is 0 Å². The number of rotatable bonds is 5. The molecule has 0 spiro atoms. The highest BCUT2D eigenvalue weighted by Crippen LogP contribution is 2.16. The van der Waals surface area contributed by atoms with Crippen LogP contribution in [0.15, 0.2) is 36.4 Å². The first-order valence-corrected chi connectivity index (χ1v) is 7.35. The van der Waals surface area contributed by atoms with Crippen molar-refractivity contribution in [2.75, 3.05) is 13.8 Å². The smallest absolute Gasteiger partial charge is 0.272 e. The van der Waals surface area contributed by atoms with E-state index in [4.69, 9.17) is 11.2 Å². The van der Waals surface area contributed by atoms with Crippen molar-refractivity contribution in [2.24, 2.45) is 0 Å². The van der Waals surface area contributed by atoms with Gasteiger partial charge < -0.3 is 9.84 Å². The summed E-state index contributed by atoms with van der Waals surface area (Å²) >= 11 is 0. The molecule has 2 aromatic rings. The summed E-state index contributed by atoms with van der Waals surface area (Å²) in [5, 5.41) is 8.92. The zero-order valence-electron chi connectivity index (χ0n) is 15.4. The predicted octanol–water partition coefficient (Wildman–Crippen LogP) is 4.55. The molecule has 0 saturated carbocycles. The maximum absolute atomic E-state index is 11.8.